The average molecular weight is 313 g/mol. The molecule has 0 aromatic heterocycles. The van der Waals surface area contributed by atoms with Crippen molar-refractivity contribution in [1.29, 1.82) is 0 Å². The number of hydrogen-bond acceptors (Lipinski definition) is 2. The Labute approximate surface area is 121 Å². The second-order valence-corrected chi connectivity index (χ2v) is 4.76. The minimum atomic E-state index is -4.48. The minimum Gasteiger partial charge on any atom is -0.314 e. The largest absolute Gasteiger partial charge is 0.408 e. The summed E-state index contributed by atoms with van der Waals surface area (Å²) in [5.41, 5.74) is 0.343. The van der Waals surface area contributed by atoms with E-state index < -0.39 is 18.0 Å². The Kier molecular flexibility index (Phi) is 5.79. The van der Waals surface area contributed by atoms with Gasteiger partial charge in [0.1, 0.15) is 11.9 Å². The summed E-state index contributed by atoms with van der Waals surface area (Å²) in [7, 11) is 0. The summed E-state index contributed by atoms with van der Waals surface area (Å²) in [4.78, 5) is 1.29. The highest BCUT2D eigenvalue weighted by Crippen LogP contribution is 2.39. The molecule has 1 aliphatic heterocycles. The zero-order valence-corrected chi connectivity index (χ0v) is 11.8. The van der Waals surface area contributed by atoms with Gasteiger partial charge in [0.05, 0.1) is 0 Å². The third kappa shape index (κ3) is 3.84. The highest BCUT2D eigenvalue weighted by atomic mass is 35.5. The number of hydrogen-bond donors (Lipinski definition) is 1. The van der Waals surface area contributed by atoms with Crippen molar-refractivity contribution >= 4 is 12.4 Å². The lowest BCUT2D eigenvalue weighted by molar-refractivity contribution is -0.188. The third-order valence-corrected chi connectivity index (χ3v) is 3.27. The fourth-order valence-electron chi connectivity index (χ4n) is 2.39. The predicted molar refractivity (Wildman–Crippen MR) is 71.6 cm³/mol. The quantitative estimate of drug-likeness (QED) is 0.844. The van der Waals surface area contributed by atoms with Crippen molar-refractivity contribution < 1.29 is 17.6 Å². The lowest BCUT2D eigenvalue weighted by atomic mass is 10.0. The van der Waals surface area contributed by atoms with Gasteiger partial charge in [0, 0.05) is 31.7 Å². The molecular formula is C13H17ClF4N2. The third-order valence-electron chi connectivity index (χ3n) is 3.27. The molecule has 0 radical (unpaired) electrons. The molecule has 0 unspecified atom stereocenters. The Morgan fingerprint density at radius 1 is 1.20 bits per heavy atom. The molecule has 1 atom stereocenters. The van der Waals surface area contributed by atoms with Crippen molar-refractivity contribution in [3.05, 3.63) is 35.1 Å². The summed E-state index contributed by atoms with van der Waals surface area (Å²) in [6.07, 6.45) is -4.48. The first-order valence-electron chi connectivity index (χ1n) is 6.17. The van der Waals surface area contributed by atoms with Crippen LogP contribution in [-0.4, -0.2) is 37.3 Å². The van der Waals surface area contributed by atoms with Gasteiger partial charge in [0.15, 0.2) is 0 Å². The van der Waals surface area contributed by atoms with Crippen LogP contribution in [0.25, 0.3) is 0 Å². The molecule has 1 aromatic rings. The summed E-state index contributed by atoms with van der Waals surface area (Å²) in [5, 5.41) is 3.00. The second-order valence-electron chi connectivity index (χ2n) is 4.76. The van der Waals surface area contributed by atoms with Gasteiger partial charge in [-0.15, -0.1) is 12.4 Å². The van der Waals surface area contributed by atoms with Crippen molar-refractivity contribution in [2.24, 2.45) is 0 Å². The number of alkyl halides is 3. The van der Waals surface area contributed by atoms with Crippen LogP contribution in [0, 0.1) is 12.7 Å². The van der Waals surface area contributed by atoms with Crippen LogP contribution in [0.4, 0.5) is 17.6 Å². The molecule has 0 amide bonds. The molecular weight excluding hydrogens is 296 g/mol. The van der Waals surface area contributed by atoms with Gasteiger partial charge < -0.3 is 5.32 Å². The van der Waals surface area contributed by atoms with Crippen LogP contribution in [0.5, 0.6) is 0 Å². The number of nitrogens with zero attached hydrogens (tertiary/aromatic N) is 1. The molecule has 7 heteroatoms. The first kappa shape index (κ1) is 17.2. The molecule has 0 spiro atoms. The summed E-state index contributed by atoms with van der Waals surface area (Å²) in [5.74, 6) is -0.800. The zero-order chi connectivity index (χ0) is 14.0. The number of nitrogens with one attached hydrogen (secondary N) is 1. The molecule has 20 heavy (non-hydrogen) atoms. The lowest BCUT2D eigenvalue weighted by Crippen LogP contribution is -2.49. The van der Waals surface area contributed by atoms with Gasteiger partial charge in [-0.1, -0.05) is 17.7 Å². The Morgan fingerprint density at radius 2 is 1.80 bits per heavy atom. The van der Waals surface area contributed by atoms with Gasteiger partial charge in [-0.2, -0.15) is 13.2 Å². The molecule has 1 aliphatic rings. The topological polar surface area (TPSA) is 15.3 Å². The first-order chi connectivity index (χ1) is 8.89. The van der Waals surface area contributed by atoms with Crippen molar-refractivity contribution in [2.75, 3.05) is 26.2 Å². The Balaban J connectivity index is 0.00000200. The molecule has 2 nitrogen and oxygen atoms in total. The van der Waals surface area contributed by atoms with E-state index >= 15 is 0 Å². The molecule has 1 N–H and O–H groups in total. The number of aryl methyl sites for hydroxylation is 1. The predicted octanol–water partition coefficient (Wildman–Crippen LogP) is 3.06. The van der Waals surface area contributed by atoms with Crippen LogP contribution in [-0.2, 0) is 0 Å². The molecule has 1 fully saturated rings. The van der Waals surface area contributed by atoms with Gasteiger partial charge in [-0.05, 0) is 13.0 Å². The smallest absolute Gasteiger partial charge is 0.314 e. The Hall–Kier alpha value is -0.850. The van der Waals surface area contributed by atoms with E-state index in [9.17, 15) is 17.6 Å². The lowest BCUT2D eigenvalue weighted by Gasteiger charge is -2.36. The van der Waals surface area contributed by atoms with E-state index in [1.165, 1.54) is 17.0 Å². The van der Waals surface area contributed by atoms with E-state index in [0.29, 0.717) is 18.7 Å². The summed E-state index contributed by atoms with van der Waals surface area (Å²) in [6.45, 7) is 3.16. The van der Waals surface area contributed by atoms with Gasteiger partial charge in [0.2, 0.25) is 0 Å². The molecule has 0 bridgehead atoms. The van der Waals surface area contributed by atoms with Gasteiger partial charge in [0.25, 0.3) is 0 Å². The van der Waals surface area contributed by atoms with Gasteiger partial charge in [-0.3, -0.25) is 4.90 Å². The van der Waals surface area contributed by atoms with E-state index in [1.807, 2.05) is 0 Å². The SMILES string of the molecule is Cc1ccc(F)c([C@@H](N2CCNCC2)C(F)(F)F)c1.Cl. The highest BCUT2D eigenvalue weighted by molar-refractivity contribution is 5.85. The average Bonchev–Trinajstić information content (AvgIpc) is 2.33. The van der Waals surface area contributed by atoms with Gasteiger partial charge in [-0.25, -0.2) is 4.39 Å². The highest BCUT2D eigenvalue weighted by Gasteiger charge is 2.46. The second kappa shape index (κ2) is 6.74. The van der Waals surface area contributed by atoms with E-state index in [2.05, 4.69) is 5.32 Å². The first-order valence-corrected chi connectivity index (χ1v) is 6.17. The van der Waals surface area contributed by atoms with Crippen molar-refractivity contribution in [1.82, 2.24) is 10.2 Å². The van der Waals surface area contributed by atoms with E-state index in [1.54, 1.807) is 6.92 Å². The van der Waals surface area contributed by atoms with E-state index in [4.69, 9.17) is 0 Å². The van der Waals surface area contributed by atoms with Crippen LogP contribution in [0.2, 0.25) is 0 Å². The normalized spacial score (nSPS) is 18.4. The maximum Gasteiger partial charge on any atom is 0.408 e. The fraction of sp³-hybridized carbons (Fsp3) is 0.538. The van der Waals surface area contributed by atoms with Crippen molar-refractivity contribution in [2.45, 2.75) is 19.1 Å². The molecule has 1 saturated heterocycles. The summed E-state index contributed by atoms with van der Waals surface area (Å²) >= 11 is 0. The summed E-state index contributed by atoms with van der Waals surface area (Å²) in [6, 6.07) is 2.00. The maximum atomic E-state index is 13.8. The van der Waals surface area contributed by atoms with Crippen LogP contribution in [0.3, 0.4) is 0 Å². The summed E-state index contributed by atoms with van der Waals surface area (Å²) < 4.78 is 53.6. The van der Waals surface area contributed by atoms with Crippen LogP contribution < -0.4 is 5.32 Å². The number of halogens is 5. The van der Waals surface area contributed by atoms with Crippen LogP contribution in [0.15, 0.2) is 18.2 Å². The molecule has 114 valence electrons. The monoisotopic (exact) mass is 312 g/mol. The van der Waals surface area contributed by atoms with E-state index in [0.717, 1.165) is 6.07 Å². The zero-order valence-electron chi connectivity index (χ0n) is 11.0. The number of piperazine rings is 1. The molecule has 0 aliphatic carbocycles. The molecule has 1 heterocycles. The van der Waals surface area contributed by atoms with Crippen molar-refractivity contribution in [3.8, 4) is 0 Å². The Morgan fingerprint density at radius 3 is 2.35 bits per heavy atom. The number of benzene rings is 1. The number of rotatable bonds is 2. The maximum absolute atomic E-state index is 13.8. The Bertz CT molecular complexity index is 444. The molecule has 2 rings (SSSR count). The molecule has 0 saturated carbocycles. The van der Waals surface area contributed by atoms with Crippen molar-refractivity contribution in [3.63, 3.8) is 0 Å². The molecule has 1 aromatic carbocycles. The van der Waals surface area contributed by atoms with Crippen LogP contribution in [0.1, 0.15) is 17.2 Å². The van der Waals surface area contributed by atoms with Gasteiger partial charge >= 0.3 is 6.18 Å². The van der Waals surface area contributed by atoms with E-state index in [-0.39, 0.29) is 31.1 Å². The standard InChI is InChI=1S/C13H16F4N2.ClH/c1-9-2-3-11(14)10(8-9)12(13(15,16)17)19-6-4-18-5-7-19;/h2-3,8,12,18H,4-7H2,1H3;1H/t12-;/m1./s1. The minimum absolute atomic E-state index is 0. The fourth-order valence-corrected chi connectivity index (χ4v) is 2.39. The van der Waals surface area contributed by atoms with Crippen LogP contribution >= 0.6 is 12.4 Å².